The number of rotatable bonds is 6. The highest BCUT2D eigenvalue weighted by molar-refractivity contribution is 7.89. The fourth-order valence-corrected chi connectivity index (χ4v) is 3.39. The highest BCUT2D eigenvalue weighted by atomic mass is 32.2. The summed E-state index contributed by atoms with van der Waals surface area (Å²) >= 11 is 0. The number of nitrogens with one attached hydrogen (secondary N) is 1. The molecule has 0 radical (unpaired) electrons. The van der Waals surface area contributed by atoms with Gasteiger partial charge in [0.2, 0.25) is 16.8 Å². The molecule has 2 heterocycles. The van der Waals surface area contributed by atoms with E-state index in [0.29, 0.717) is 17.3 Å². The molecule has 124 valence electrons. The minimum atomic E-state index is -3.66. The summed E-state index contributed by atoms with van der Waals surface area (Å²) in [6.45, 7) is 0.296. The Bertz CT molecular complexity index is 771. The van der Waals surface area contributed by atoms with Crippen molar-refractivity contribution in [2.24, 2.45) is 0 Å². The van der Waals surface area contributed by atoms with Crippen LogP contribution in [-0.2, 0) is 10.0 Å². The Balaban J connectivity index is 1.76. The quantitative estimate of drug-likeness (QED) is 0.861. The molecule has 2 aromatic rings. The standard InChI is InChI=1S/C15H18N2O5S/c1-17(2)12(13-4-3-7-20-13)9-16-23(18,19)11-5-6-14-15(8-11)22-10-21-14/h3-8,12,16H,9-10H2,1-2H3/t12-/m0/s1. The summed E-state index contributed by atoms with van der Waals surface area (Å²) in [5, 5.41) is 0. The Morgan fingerprint density at radius 1 is 1.22 bits per heavy atom. The van der Waals surface area contributed by atoms with E-state index >= 15 is 0 Å². The Labute approximate surface area is 134 Å². The van der Waals surface area contributed by atoms with Crippen LogP contribution in [0.25, 0.3) is 0 Å². The summed E-state index contributed by atoms with van der Waals surface area (Å²) in [7, 11) is 0.0709. The average molecular weight is 338 g/mol. The van der Waals surface area contributed by atoms with Crippen molar-refractivity contribution in [1.82, 2.24) is 9.62 Å². The van der Waals surface area contributed by atoms with Gasteiger partial charge in [0.15, 0.2) is 11.5 Å². The fraction of sp³-hybridized carbons (Fsp3) is 0.333. The summed E-state index contributed by atoms with van der Waals surface area (Å²) in [6.07, 6.45) is 1.57. The van der Waals surface area contributed by atoms with Crippen LogP contribution in [-0.4, -0.2) is 40.8 Å². The SMILES string of the molecule is CN(C)[C@@H](CNS(=O)(=O)c1ccc2c(c1)OCO2)c1ccco1. The molecular weight excluding hydrogens is 320 g/mol. The van der Waals surface area contributed by atoms with Crippen LogP contribution >= 0.6 is 0 Å². The molecule has 0 saturated carbocycles. The van der Waals surface area contributed by atoms with Crippen molar-refractivity contribution >= 4 is 10.0 Å². The zero-order valence-corrected chi connectivity index (χ0v) is 13.7. The predicted molar refractivity (Wildman–Crippen MR) is 82.9 cm³/mol. The molecule has 1 aliphatic heterocycles. The largest absolute Gasteiger partial charge is 0.468 e. The first kappa shape index (κ1) is 15.9. The zero-order valence-electron chi connectivity index (χ0n) is 12.9. The minimum absolute atomic E-state index is 0.105. The lowest BCUT2D eigenvalue weighted by molar-refractivity contribution is 0.174. The molecule has 1 atom stereocenters. The number of sulfonamides is 1. The molecule has 0 amide bonds. The van der Waals surface area contributed by atoms with Crippen LogP contribution in [0.1, 0.15) is 11.8 Å². The van der Waals surface area contributed by atoms with Crippen LogP contribution in [0.15, 0.2) is 45.9 Å². The van der Waals surface area contributed by atoms with Gasteiger partial charge in [0.05, 0.1) is 17.2 Å². The van der Waals surface area contributed by atoms with Gasteiger partial charge in [-0.2, -0.15) is 0 Å². The topological polar surface area (TPSA) is 81.0 Å². The number of hydrogen-bond acceptors (Lipinski definition) is 6. The maximum absolute atomic E-state index is 12.5. The number of fused-ring (bicyclic) bond motifs is 1. The normalized spacial score (nSPS) is 15.1. The van der Waals surface area contributed by atoms with Crippen LogP contribution < -0.4 is 14.2 Å². The van der Waals surface area contributed by atoms with Gasteiger partial charge in [0.1, 0.15) is 5.76 Å². The van der Waals surface area contributed by atoms with Crippen molar-refractivity contribution in [2.45, 2.75) is 10.9 Å². The van der Waals surface area contributed by atoms with Gasteiger partial charge in [-0.25, -0.2) is 13.1 Å². The maximum Gasteiger partial charge on any atom is 0.240 e. The van der Waals surface area contributed by atoms with Crippen LogP contribution in [0.4, 0.5) is 0 Å². The van der Waals surface area contributed by atoms with Gasteiger partial charge in [0.25, 0.3) is 0 Å². The summed E-state index contributed by atoms with van der Waals surface area (Å²) in [5.74, 6) is 1.68. The van der Waals surface area contributed by atoms with Crippen molar-refractivity contribution in [3.05, 3.63) is 42.4 Å². The minimum Gasteiger partial charge on any atom is -0.468 e. The first-order chi connectivity index (χ1) is 11.0. The lowest BCUT2D eigenvalue weighted by Crippen LogP contribution is -2.34. The van der Waals surface area contributed by atoms with E-state index in [1.54, 1.807) is 18.4 Å². The lowest BCUT2D eigenvalue weighted by atomic mass is 10.2. The number of likely N-dealkylation sites (N-methyl/N-ethyl adjacent to an activating group) is 1. The third-order valence-electron chi connectivity index (χ3n) is 3.62. The van der Waals surface area contributed by atoms with E-state index in [-0.39, 0.29) is 24.3 Å². The molecule has 1 aromatic heterocycles. The smallest absolute Gasteiger partial charge is 0.240 e. The van der Waals surface area contributed by atoms with Crippen molar-refractivity contribution in [1.29, 1.82) is 0 Å². The molecule has 7 nitrogen and oxygen atoms in total. The predicted octanol–water partition coefficient (Wildman–Crippen LogP) is 1.59. The Morgan fingerprint density at radius 3 is 2.70 bits per heavy atom. The van der Waals surface area contributed by atoms with E-state index in [9.17, 15) is 8.42 Å². The molecule has 1 aromatic carbocycles. The molecule has 8 heteroatoms. The number of hydrogen-bond donors (Lipinski definition) is 1. The van der Waals surface area contributed by atoms with Gasteiger partial charge in [-0.3, -0.25) is 4.90 Å². The van der Waals surface area contributed by atoms with Gasteiger partial charge in [-0.15, -0.1) is 0 Å². The molecule has 0 fully saturated rings. The molecule has 1 aliphatic rings. The van der Waals surface area contributed by atoms with Crippen molar-refractivity contribution in [3.63, 3.8) is 0 Å². The monoisotopic (exact) mass is 338 g/mol. The van der Waals surface area contributed by atoms with Gasteiger partial charge in [-0.1, -0.05) is 0 Å². The van der Waals surface area contributed by atoms with E-state index in [0.717, 1.165) is 0 Å². The summed E-state index contributed by atoms with van der Waals surface area (Å²) in [6, 6.07) is 7.94. The van der Waals surface area contributed by atoms with E-state index < -0.39 is 10.0 Å². The summed E-state index contributed by atoms with van der Waals surface area (Å²) in [4.78, 5) is 2.03. The first-order valence-corrected chi connectivity index (χ1v) is 8.55. The molecule has 1 N–H and O–H groups in total. The number of ether oxygens (including phenoxy) is 2. The van der Waals surface area contributed by atoms with E-state index in [4.69, 9.17) is 13.9 Å². The Morgan fingerprint density at radius 2 is 2.00 bits per heavy atom. The van der Waals surface area contributed by atoms with Gasteiger partial charge in [0, 0.05) is 12.6 Å². The van der Waals surface area contributed by atoms with Crippen LogP contribution in [0.2, 0.25) is 0 Å². The molecule has 0 bridgehead atoms. The third-order valence-corrected chi connectivity index (χ3v) is 5.04. The molecule has 0 saturated heterocycles. The molecule has 23 heavy (non-hydrogen) atoms. The van der Waals surface area contributed by atoms with E-state index in [1.807, 2.05) is 25.1 Å². The summed E-state index contributed by atoms with van der Waals surface area (Å²) < 4.78 is 43.3. The van der Waals surface area contributed by atoms with Crippen LogP contribution in [0.5, 0.6) is 11.5 Å². The van der Waals surface area contributed by atoms with E-state index in [2.05, 4.69) is 4.72 Å². The Hall–Kier alpha value is -2.03. The third kappa shape index (κ3) is 3.34. The van der Waals surface area contributed by atoms with Crippen molar-refractivity contribution in [3.8, 4) is 11.5 Å². The van der Waals surface area contributed by atoms with E-state index in [1.165, 1.54) is 12.1 Å². The Kier molecular flexibility index (Phi) is 4.29. The highest BCUT2D eigenvalue weighted by Gasteiger charge is 2.23. The molecular formula is C15H18N2O5S. The summed E-state index contributed by atoms with van der Waals surface area (Å²) in [5.41, 5.74) is 0. The number of benzene rings is 1. The van der Waals surface area contributed by atoms with Gasteiger partial charge < -0.3 is 13.9 Å². The second-order valence-corrected chi connectivity index (χ2v) is 7.13. The van der Waals surface area contributed by atoms with Gasteiger partial charge in [-0.05, 0) is 38.4 Å². The maximum atomic E-state index is 12.5. The number of furan rings is 1. The fourth-order valence-electron chi connectivity index (χ4n) is 2.33. The number of nitrogens with zero attached hydrogens (tertiary/aromatic N) is 1. The van der Waals surface area contributed by atoms with Crippen LogP contribution in [0.3, 0.4) is 0 Å². The van der Waals surface area contributed by atoms with Crippen molar-refractivity contribution in [2.75, 3.05) is 27.4 Å². The zero-order chi connectivity index (χ0) is 16.4. The highest BCUT2D eigenvalue weighted by Crippen LogP contribution is 2.33. The lowest BCUT2D eigenvalue weighted by Gasteiger charge is -2.22. The first-order valence-electron chi connectivity index (χ1n) is 7.06. The molecule has 0 spiro atoms. The second-order valence-electron chi connectivity index (χ2n) is 5.36. The molecule has 3 rings (SSSR count). The molecule has 0 unspecified atom stereocenters. The van der Waals surface area contributed by atoms with Crippen molar-refractivity contribution < 1.29 is 22.3 Å². The van der Waals surface area contributed by atoms with Gasteiger partial charge >= 0.3 is 0 Å². The second kappa shape index (κ2) is 6.23. The average Bonchev–Trinajstić information content (AvgIpc) is 3.17. The molecule has 0 aliphatic carbocycles. The van der Waals surface area contributed by atoms with Crippen LogP contribution in [0, 0.1) is 0 Å².